The molecular formula is C12H13BrN4O. The van der Waals surface area contributed by atoms with Crippen molar-refractivity contribution in [3.63, 3.8) is 0 Å². The summed E-state index contributed by atoms with van der Waals surface area (Å²) >= 11 is 3.42. The summed E-state index contributed by atoms with van der Waals surface area (Å²) in [7, 11) is 0. The number of rotatable bonds is 4. The van der Waals surface area contributed by atoms with Gasteiger partial charge in [-0.15, -0.1) is 0 Å². The van der Waals surface area contributed by atoms with Gasteiger partial charge in [-0.25, -0.2) is 4.68 Å². The van der Waals surface area contributed by atoms with E-state index in [4.69, 9.17) is 11.5 Å². The normalized spacial score (nSPS) is 10.6. The summed E-state index contributed by atoms with van der Waals surface area (Å²) < 4.78 is 2.62. The van der Waals surface area contributed by atoms with Crippen LogP contribution in [0.1, 0.15) is 15.9 Å². The number of carbonyl (C=O) groups excluding carboxylic acids is 1. The SMILES string of the molecule is NCCc1cc(Br)ccc1-n1cc(C(N)=O)cn1. The van der Waals surface area contributed by atoms with Gasteiger partial charge in [0.05, 0.1) is 17.4 Å². The number of aromatic nitrogens is 2. The van der Waals surface area contributed by atoms with Crippen molar-refractivity contribution in [2.75, 3.05) is 6.54 Å². The Morgan fingerprint density at radius 1 is 1.44 bits per heavy atom. The van der Waals surface area contributed by atoms with Crippen LogP contribution in [0.4, 0.5) is 0 Å². The number of hydrogen-bond acceptors (Lipinski definition) is 3. The van der Waals surface area contributed by atoms with E-state index in [9.17, 15) is 4.79 Å². The van der Waals surface area contributed by atoms with Gasteiger partial charge in [-0.3, -0.25) is 4.79 Å². The fourth-order valence-electron chi connectivity index (χ4n) is 1.72. The summed E-state index contributed by atoms with van der Waals surface area (Å²) in [6.07, 6.45) is 3.81. The lowest BCUT2D eigenvalue weighted by molar-refractivity contribution is 0.100. The van der Waals surface area contributed by atoms with Gasteiger partial charge in [0, 0.05) is 10.7 Å². The molecule has 2 rings (SSSR count). The lowest BCUT2D eigenvalue weighted by Crippen LogP contribution is -2.10. The molecule has 0 aliphatic carbocycles. The molecule has 5 nitrogen and oxygen atoms in total. The van der Waals surface area contributed by atoms with Crippen molar-refractivity contribution in [3.05, 3.63) is 46.2 Å². The first-order valence-electron chi connectivity index (χ1n) is 5.45. The minimum atomic E-state index is -0.487. The highest BCUT2D eigenvalue weighted by Crippen LogP contribution is 2.20. The van der Waals surface area contributed by atoms with E-state index in [1.54, 1.807) is 10.9 Å². The van der Waals surface area contributed by atoms with Gasteiger partial charge in [-0.2, -0.15) is 5.10 Å². The Morgan fingerprint density at radius 3 is 2.83 bits per heavy atom. The van der Waals surface area contributed by atoms with Gasteiger partial charge < -0.3 is 11.5 Å². The maximum absolute atomic E-state index is 11.1. The van der Waals surface area contributed by atoms with Gasteiger partial charge in [0.2, 0.25) is 0 Å². The molecule has 1 aromatic heterocycles. The van der Waals surface area contributed by atoms with Crippen molar-refractivity contribution in [1.82, 2.24) is 9.78 Å². The van der Waals surface area contributed by atoms with Crippen LogP contribution in [-0.4, -0.2) is 22.2 Å². The molecule has 1 aromatic carbocycles. The summed E-state index contributed by atoms with van der Waals surface area (Å²) in [5, 5.41) is 4.14. The molecule has 0 aliphatic heterocycles. The molecular weight excluding hydrogens is 296 g/mol. The van der Waals surface area contributed by atoms with Crippen molar-refractivity contribution in [2.24, 2.45) is 11.5 Å². The molecule has 0 saturated heterocycles. The summed E-state index contributed by atoms with van der Waals surface area (Å²) in [6, 6.07) is 5.83. The highest BCUT2D eigenvalue weighted by Gasteiger charge is 2.09. The van der Waals surface area contributed by atoms with Gasteiger partial charge in [-0.1, -0.05) is 15.9 Å². The van der Waals surface area contributed by atoms with Gasteiger partial charge in [0.1, 0.15) is 0 Å². The molecule has 0 bridgehead atoms. The number of benzene rings is 1. The van der Waals surface area contributed by atoms with E-state index in [-0.39, 0.29) is 0 Å². The Morgan fingerprint density at radius 2 is 2.22 bits per heavy atom. The molecule has 18 heavy (non-hydrogen) atoms. The zero-order chi connectivity index (χ0) is 13.1. The maximum atomic E-state index is 11.1. The van der Waals surface area contributed by atoms with Crippen LogP contribution < -0.4 is 11.5 Å². The van der Waals surface area contributed by atoms with E-state index in [0.29, 0.717) is 12.1 Å². The van der Waals surface area contributed by atoms with Gasteiger partial charge in [0.25, 0.3) is 5.91 Å². The Bertz CT molecular complexity index is 579. The topological polar surface area (TPSA) is 86.9 Å². The monoisotopic (exact) mass is 308 g/mol. The lowest BCUT2D eigenvalue weighted by atomic mass is 10.1. The van der Waals surface area contributed by atoms with Crippen LogP contribution in [0.2, 0.25) is 0 Å². The number of nitrogens with zero attached hydrogens (tertiary/aromatic N) is 2. The van der Waals surface area contributed by atoms with E-state index in [1.807, 2.05) is 18.2 Å². The first kappa shape index (κ1) is 12.8. The third kappa shape index (κ3) is 2.60. The highest BCUT2D eigenvalue weighted by atomic mass is 79.9. The molecule has 0 spiro atoms. The molecule has 0 unspecified atom stereocenters. The van der Waals surface area contributed by atoms with E-state index in [1.165, 1.54) is 6.20 Å². The standard InChI is InChI=1S/C12H13BrN4O/c13-10-1-2-11(8(5-10)3-4-14)17-7-9(6-16-17)12(15)18/h1-2,5-7H,3-4,14H2,(H2,15,18). The molecule has 2 aromatic rings. The van der Waals surface area contributed by atoms with Crippen LogP contribution in [0.25, 0.3) is 5.69 Å². The molecule has 94 valence electrons. The fourth-order valence-corrected chi connectivity index (χ4v) is 2.12. The predicted octanol–water partition coefficient (Wildman–Crippen LogP) is 1.23. The average Bonchev–Trinajstić information content (AvgIpc) is 2.79. The average molecular weight is 309 g/mol. The molecule has 0 saturated carbocycles. The highest BCUT2D eigenvalue weighted by molar-refractivity contribution is 9.10. The molecule has 1 heterocycles. The zero-order valence-electron chi connectivity index (χ0n) is 9.64. The molecule has 6 heteroatoms. The Labute approximate surface area is 113 Å². The van der Waals surface area contributed by atoms with Crippen molar-refractivity contribution in [1.29, 1.82) is 0 Å². The second-order valence-corrected chi connectivity index (χ2v) is 4.77. The second-order valence-electron chi connectivity index (χ2n) is 3.85. The number of halogens is 1. The second kappa shape index (κ2) is 5.32. The van der Waals surface area contributed by atoms with Crippen molar-refractivity contribution in [2.45, 2.75) is 6.42 Å². The van der Waals surface area contributed by atoms with Crippen molar-refractivity contribution >= 4 is 21.8 Å². The molecule has 0 radical (unpaired) electrons. The van der Waals surface area contributed by atoms with E-state index in [0.717, 1.165) is 22.1 Å². The lowest BCUT2D eigenvalue weighted by Gasteiger charge is -2.09. The number of carbonyl (C=O) groups is 1. The Kier molecular flexibility index (Phi) is 3.78. The number of primary amides is 1. The van der Waals surface area contributed by atoms with Crippen LogP contribution in [0.15, 0.2) is 35.1 Å². The molecule has 0 atom stereocenters. The third-order valence-corrected chi connectivity index (χ3v) is 3.06. The maximum Gasteiger partial charge on any atom is 0.251 e. The third-order valence-electron chi connectivity index (χ3n) is 2.57. The molecule has 0 aliphatic rings. The van der Waals surface area contributed by atoms with Gasteiger partial charge in [-0.05, 0) is 36.7 Å². The summed E-state index contributed by atoms with van der Waals surface area (Å²) in [5.74, 6) is -0.487. The largest absolute Gasteiger partial charge is 0.366 e. The quantitative estimate of drug-likeness (QED) is 0.890. The minimum Gasteiger partial charge on any atom is -0.366 e. The molecule has 0 fully saturated rings. The van der Waals surface area contributed by atoms with Gasteiger partial charge >= 0.3 is 0 Å². The van der Waals surface area contributed by atoms with Gasteiger partial charge in [0.15, 0.2) is 0 Å². The Hall–Kier alpha value is -1.66. The Balaban J connectivity index is 2.45. The van der Waals surface area contributed by atoms with E-state index < -0.39 is 5.91 Å². The number of nitrogens with two attached hydrogens (primary N) is 2. The van der Waals surface area contributed by atoms with Crippen LogP contribution in [0.5, 0.6) is 0 Å². The van der Waals surface area contributed by atoms with E-state index >= 15 is 0 Å². The zero-order valence-corrected chi connectivity index (χ0v) is 11.2. The van der Waals surface area contributed by atoms with Crippen LogP contribution in [-0.2, 0) is 6.42 Å². The first-order valence-corrected chi connectivity index (χ1v) is 6.24. The number of amides is 1. The van der Waals surface area contributed by atoms with Crippen LogP contribution >= 0.6 is 15.9 Å². The smallest absolute Gasteiger partial charge is 0.251 e. The molecule has 4 N–H and O–H groups in total. The summed E-state index contributed by atoms with van der Waals surface area (Å²) in [6.45, 7) is 0.549. The summed E-state index contributed by atoms with van der Waals surface area (Å²) in [5.41, 5.74) is 13.1. The van der Waals surface area contributed by atoms with Crippen LogP contribution in [0.3, 0.4) is 0 Å². The predicted molar refractivity (Wildman–Crippen MR) is 72.5 cm³/mol. The van der Waals surface area contributed by atoms with Crippen molar-refractivity contribution < 1.29 is 4.79 Å². The summed E-state index contributed by atoms with van der Waals surface area (Å²) in [4.78, 5) is 11.1. The van der Waals surface area contributed by atoms with Crippen molar-refractivity contribution in [3.8, 4) is 5.69 Å². The fraction of sp³-hybridized carbons (Fsp3) is 0.167. The minimum absolute atomic E-state index is 0.386. The number of hydrogen-bond donors (Lipinski definition) is 2. The van der Waals surface area contributed by atoms with Crippen LogP contribution in [0, 0.1) is 0 Å². The molecule has 1 amide bonds. The van der Waals surface area contributed by atoms with E-state index in [2.05, 4.69) is 21.0 Å². The first-order chi connectivity index (χ1) is 8.61.